The molecule has 2 aliphatic rings. The van der Waals surface area contributed by atoms with Crippen molar-refractivity contribution in [2.75, 3.05) is 11.4 Å². The van der Waals surface area contributed by atoms with Crippen molar-refractivity contribution in [3.63, 3.8) is 0 Å². The van der Waals surface area contributed by atoms with Gasteiger partial charge in [0.05, 0.1) is 5.39 Å². The molecule has 0 unspecified atom stereocenters. The summed E-state index contributed by atoms with van der Waals surface area (Å²) in [4.78, 5) is 38.4. The van der Waals surface area contributed by atoms with Crippen LogP contribution in [0, 0.1) is 0 Å². The number of pyridine rings is 1. The maximum atomic E-state index is 12.7. The third kappa shape index (κ3) is 2.17. The van der Waals surface area contributed by atoms with Gasteiger partial charge in [-0.2, -0.15) is 4.98 Å². The van der Waals surface area contributed by atoms with Crippen LogP contribution in [0.3, 0.4) is 0 Å². The zero-order valence-electron chi connectivity index (χ0n) is 13.6. The van der Waals surface area contributed by atoms with E-state index in [4.69, 9.17) is 0 Å². The highest BCUT2D eigenvalue weighted by molar-refractivity contribution is 6.04. The van der Waals surface area contributed by atoms with Crippen molar-refractivity contribution in [2.24, 2.45) is 0 Å². The molecule has 0 spiro atoms. The first-order chi connectivity index (χ1) is 12.2. The molecule has 0 bridgehead atoms. The molecule has 2 aromatic heterocycles. The number of hydrogen-bond donors (Lipinski definition) is 1. The third-order valence-corrected chi connectivity index (χ3v) is 5.16. The fraction of sp³-hybridized carbons (Fsp3) is 0.263. The van der Waals surface area contributed by atoms with Crippen molar-refractivity contribution in [3.8, 4) is 0 Å². The van der Waals surface area contributed by atoms with Crippen LogP contribution in [0.1, 0.15) is 33.5 Å². The van der Waals surface area contributed by atoms with Crippen LogP contribution in [-0.2, 0) is 19.4 Å². The number of H-pyrrole nitrogens is 1. The summed E-state index contributed by atoms with van der Waals surface area (Å²) in [6, 6.07) is 8.33. The summed E-state index contributed by atoms with van der Waals surface area (Å²) < 4.78 is 0. The number of aromatic nitrogens is 3. The summed E-state index contributed by atoms with van der Waals surface area (Å²) in [5, 5.41) is 0.463. The normalized spacial score (nSPS) is 16.2. The summed E-state index contributed by atoms with van der Waals surface area (Å²) >= 11 is 0. The Hall–Kier alpha value is -3.02. The second kappa shape index (κ2) is 5.24. The van der Waals surface area contributed by atoms with E-state index in [0.29, 0.717) is 41.9 Å². The van der Waals surface area contributed by atoms with Crippen LogP contribution in [0.25, 0.3) is 11.0 Å². The molecule has 0 atom stereocenters. The third-order valence-electron chi connectivity index (χ3n) is 5.16. The molecule has 6 heteroatoms. The van der Waals surface area contributed by atoms with Crippen molar-refractivity contribution in [2.45, 2.75) is 25.8 Å². The Morgan fingerprint density at radius 3 is 2.76 bits per heavy atom. The van der Waals surface area contributed by atoms with Crippen molar-refractivity contribution in [3.05, 3.63) is 63.1 Å². The van der Waals surface area contributed by atoms with Crippen LogP contribution in [-0.4, -0.2) is 27.3 Å². The molecule has 0 fully saturated rings. The van der Waals surface area contributed by atoms with Gasteiger partial charge in [-0.25, -0.2) is 4.98 Å². The fourth-order valence-electron chi connectivity index (χ4n) is 3.85. The molecule has 1 aliphatic carbocycles. The standard InChI is InChI=1S/C19H16N4O2/c24-15-6-5-13-14(15)9-20-17-16(13)18(25)22-19(21-17)23-8-7-11-3-1-2-4-12(11)10-23/h1-4,9H,5-8,10H2,(H,20,21,22,25). The Balaban J connectivity index is 1.60. The number of aromatic amines is 1. The Morgan fingerprint density at radius 1 is 1.04 bits per heavy atom. The van der Waals surface area contributed by atoms with Crippen LogP contribution in [0.15, 0.2) is 35.3 Å². The van der Waals surface area contributed by atoms with Crippen LogP contribution >= 0.6 is 0 Å². The summed E-state index contributed by atoms with van der Waals surface area (Å²) in [6.45, 7) is 1.52. The summed E-state index contributed by atoms with van der Waals surface area (Å²) in [7, 11) is 0. The number of carbonyl (C=O) groups is 1. The van der Waals surface area contributed by atoms with Crippen LogP contribution in [0.2, 0.25) is 0 Å². The minimum absolute atomic E-state index is 0.0560. The molecule has 0 saturated heterocycles. The van der Waals surface area contributed by atoms with E-state index in [9.17, 15) is 9.59 Å². The van der Waals surface area contributed by atoms with Gasteiger partial charge in [-0.15, -0.1) is 0 Å². The highest BCUT2D eigenvalue weighted by atomic mass is 16.1. The number of anilines is 1. The van der Waals surface area contributed by atoms with Gasteiger partial charge in [0.15, 0.2) is 11.4 Å². The zero-order valence-corrected chi connectivity index (χ0v) is 13.6. The largest absolute Gasteiger partial charge is 0.338 e. The summed E-state index contributed by atoms with van der Waals surface area (Å²) in [5.74, 6) is 0.601. The van der Waals surface area contributed by atoms with E-state index < -0.39 is 0 Å². The molecule has 5 rings (SSSR count). The van der Waals surface area contributed by atoms with Crippen LogP contribution in [0.4, 0.5) is 5.95 Å². The van der Waals surface area contributed by atoms with E-state index in [-0.39, 0.29) is 11.3 Å². The van der Waals surface area contributed by atoms with Gasteiger partial charge in [-0.05, 0) is 29.5 Å². The number of fused-ring (bicyclic) bond motifs is 4. The minimum atomic E-state index is -0.210. The molecule has 1 aliphatic heterocycles. The van der Waals surface area contributed by atoms with Gasteiger partial charge < -0.3 is 4.90 Å². The predicted molar refractivity (Wildman–Crippen MR) is 94.0 cm³/mol. The van der Waals surface area contributed by atoms with Crippen molar-refractivity contribution < 1.29 is 4.79 Å². The van der Waals surface area contributed by atoms with Crippen LogP contribution < -0.4 is 10.5 Å². The first kappa shape index (κ1) is 14.3. The minimum Gasteiger partial charge on any atom is -0.338 e. The Kier molecular flexibility index (Phi) is 3.00. The number of benzene rings is 1. The topological polar surface area (TPSA) is 79.0 Å². The highest BCUT2D eigenvalue weighted by Gasteiger charge is 2.25. The van der Waals surface area contributed by atoms with Crippen molar-refractivity contribution >= 4 is 22.8 Å². The predicted octanol–water partition coefficient (Wildman–Crippen LogP) is 2.01. The maximum Gasteiger partial charge on any atom is 0.262 e. The molecule has 1 aromatic carbocycles. The smallest absolute Gasteiger partial charge is 0.262 e. The highest BCUT2D eigenvalue weighted by Crippen LogP contribution is 2.27. The van der Waals surface area contributed by atoms with Crippen molar-refractivity contribution in [1.82, 2.24) is 15.0 Å². The number of hydrogen-bond acceptors (Lipinski definition) is 5. The molecule has 25 heavy (non-hydrogen) atoms. The van der Waals surface area contributed by atoms with Crippen LogP contribution in [0.5, 0.6) is 0 Å². The number of Topliss-reactive ketones (excluding diaryl/α,β-unsaturated/α-hetero) is 1. The molecule has 124 valence electrons. The summed E-state index contributed by atoms with van der Waals surface area (Å²) in [5.41, 5.74) is 4.17. The van der Waals surface area contributed by atoms with E-state index in [1.807, 2.05) is 6.07 Å². The van der Waals surface area contributed by atoms with Gasteiger partial charge >= 0.3 is 0 Å². The molecular formula is C19H16N4O2. The average molecular weight is 332 g/mol. The SMILES string of the molecule is O=C1CCc2c1cnc1nc(N3CCc4ccccc4C3)[nH]c(=O)c21. The second-order valence-corrected chi connectivity index (χ2v) is 6.60. The quantitative estimate of drug-likeness (QED) is 0.737. The second-order valence-electron chi connectivity index (χ2n) is 6.60. The number of rotatable bonds is 1. The number of nitrogens with zero attached hydrogens (tertiary/aromatic N) is 3. The Morgan fingerprint density at radius 2 is 1.88 bits per heavy atom. The van der Waals surface area contributed by atoms with Gasteiger partial charge in [0.25, 0.3) is 5.56 Å². The fourth-order valence-corrected chi connectivity index (χ4v) is 3.85. The van der Waals surface area contributed by atoms with Crippen molar-refractivity contribution in [1.29, 1.82) is 0 Å². The molecule has 0 amide bonds. The molecule has 3 heterocycles. The molecule has 0 radical (unpaired) electrons. The summed E-state index contributed by atoms with van der Waals surface area (Å²) in [6.07, 6.45) is 3.52. The molecule has 3 aromatic rings. The van der Waals surface area contributed by atoms with E-state index in [0.717, 1.165) is 18.5 Å². The number of carbonyl (C=O) groups excluding carboxylic acids is 1. The first-order valence-electron chi connectivity index (χ1n) is 8.47. The van der Waals surface area contributed by atoms with Gasteiger partial charge in [0.2, 0.25) is 5.95 Å². The average Bonchev–Trinajstić information content (AvgIpc) is 3.02. The Labute approximate surface area is 143 Å². The van der Waals surface area contributed by atoms with E-state index in [2.05, 4.69) is 38.1 Å². The lowest BCUT2D eigenvalue weighted by Gasteiger charge is -2.29. The monoisotopic (exact) mass is 332 g/mol. The number of aryl methyl sites for hydroxylation is 1. The maximum absolute atomic E-state index is 12.7. The lowest BCUT2D eigenvalue weighted by Crippen LogP contribution is -2.33. The van der Waals surface area contributed by atoms with Gasteiger partial charge in [0, 0.05) is 31.3 Å². The van der Waals surface area contributed by atoms with Gasteiger partial charge in [-0.3, -0.25) is 14.6 Å². The zero-order chi connectivity index (χ0) is 17.0. The van der Waals surface area contributed by atoms with Gasteiger partial charge in [0.1, 0.15) is 0 Å². The molecule has 1 N–H and O–H groups in total. The molecular weight excluding hydrogens is 316 g/mol. The Bertz CT molecular complexity index is 1090. The molecule has 0 saturated carbocycles. The lowest BCUT2D eigenvalue weighted by atomic mass is 10.0. The van der Waals surface area contributed by atoms with Gasteiger partial charge in [-0.1, -0.05) is 24.3 Å². The lowest BCUT2D eigenvalue weighted by molar-refractivity contribution is 0.0994. The van der Waals surface area contributed by atoms with E-state index in [1.54, 1.807) is 6.20 Å². The number of ketones is 1. The van der Waals surface area contributed by atoms with E-state index in [1.165, 1.54) is 11.1 Å². The van der Waals surface area contributed by atoms with E-state index >= 15 is 0 Å². The first-order valence-corrected chi connectivity index (χ1v) is 8.47. The number of nitrogens with one attached hydrogen (secondary N) is 1. The molecule has 6 nitrogen and oxygen atoms in total.